The van der Waals surface area contributed by atoms with Crippen LogP contribution in [0.15, 0.2) is 65.6 Å². The van der Waals surface area contributed by atoms with Crippen molar-refractivity contribution in [3.05, 3.63) is 87.4 Å². The van der Waals surface area contributed by atoms with E-state index in [9.17, 15) is 18.0 Å². The van der Waals surface area contributed by atoms with Crippen LogP contribution in [0.3, 0.4) is 0 Å². The Hall–Kier alpha value is -3.27. The van der Waals surface area contributed by atoms with Gasteiger partial charge in [-0.1, -0.05) is 60.0 Å². The lowest BCUT2D eigenvalue weighted by molar-refractivity contribution is -0.141. The molecule has 11 heteroatoms. The number of sulfonamides is 1. The van der Waals surface area contributed by atoms with Gasteiger partial charge in [0.05, 0.1) is 27.7 Å². The molecule has 0 fully saturated rings. The summed E-state index contributed by atoms with van der Waals surface area (Å²) in [6.07, 6.45) is 0.285. The van der Waals surface area contributed by atoms with Crippen molar-refractivity contribution in [1.29, 1.82) is 0 Å². The second kappa shape index (κ2) is 14.0. The predicted molar refractivity (Wildman–Crippen MR) is 172 cm³/mol. The molecule has 0 bridgehead atoms. The fourth-order valence-electron chi connectivity index (χ4n) is 4.55. The van der Waals surface area contributed by atoms with Gasteiger partial charge in [0, 0.05) is 12.1 Å². The number of ether oxygens (including phenoxy) is 1. The molecule has 0 spiro atoms. The van der Waals surface area contributed by atoms with Crippen molar-refractivity contribution < 1.29 is 22.7 Å². The highest BCUT2D eigenvalue weighted by atomic mass is 35.5. The van der Waals surface area contributed by atoms with Crippen LogP contribution in [-0.2, 0) is 26.2 Å². The molecule has 2 amide bonds. The molecule has 0 aliphatic carbocycles. The van der Waals surface area contributed by atoms with Gasteiger partial charge >= 0.3 is 0 Å². The first-order valence-electron chi connectivity index (χ1n) is 13.9. The van der Waals surface area contributed by atoms with E-state index in [1.54, 1.807) is 55.5 Å². The zero-order valence-corrected chi connectivity index (χ0v) is 27.9. The number of carbonyl (C=O) groups is 2. The van der Waals surface area contributed by atoms with Crippen molar-refractivity contribution in [1.82, 2.24) is 10.2 Å². The van der Waals surface area contributed by atoms with E-state index in [-0.39, 0.29) is 35.2 Å². The second-order valence-corrected chi connectivity index (χ2v) is 14.1. The number of amides is 2. The molecule has 0 radical (unpaired) electrons. The van der Waals surface area contributed by atoms with Gasteiger partial charge < -0.3 is 15.0 Å². The van der Waals surface area contributed by atoms with Gasteiger partial charge in [-0.15, -0.1) is 0 Å². The lowest BCUT2D eigenvalue weighted by Crippen LogP contribution is -2.55. The number of hydrogen-bond donors (Lipinski definition) is 1. The van der Waals surface area contributed by atoms with E-state index in [1.165, 1.54) is 24.1 Å². The highest BCUT2D eigenvalue weighted by Crippen LogP contribution is 2.34. The molecule has 0 aliphatic rings. The Morgan fingerprint density at radius 2 is 1.56 bits per heavy atom. The lowest BCUT2D eigenvalue weighted by atomic mass is 10.1. The van der Waals surface area contributed by atoms with Crippen LogP contribution in [0.5, 0.6) is 5.75 Å². The fraction of sp³-hybridized carbons (Fsp3) is 0.375. The molecule has 232 valence electrons. The minimum atomic E-state index is -4.25. The molecular weight excluding hydrogens is 609 g/mol. The zero-order chi connectivity index (χ0) is 32.1. The van der Waals surface area contributed by atoms with Crippen LogP contribution in [-0.4, -0.2) is 50.4 Å². The van der Waals surface area contributed by atoms with Crippen LogP contribution >= 0.6 is 23.2 Å². The molecule has 0 saturated carbocycles. The van der Waals surface area contributed by atoms with Gasteiger partial charge in [-0.05, 0) is 88.6 Å². The summed E-state index contributed by atoms with van der Waals surface area (Å²) < 4.78 is 34.9. The fourth-order valence-corrected chi connectivity index (χ4v) is 6.29. The van der Waals surface area contributed by atoms with Gasteiger partial charge in [-0.3, -0.25) is 13.9 Å². The van der Waals surface area contributed by atoms with Gasteiger partial charge in [0.15, 0.2) is 0 Å². The van der Waals surface area contributed by atoms with Crippen molar-refractivity contribution >= 4 is 50.7 Å². The zero-order valence-electron chi connectivity index (χ0n) is 25.6. The van der Waals surface area contributed by atoms with Crippen LogP contribution in [0.25, 0.3) is 0 Å². The number of halogens is 2. The quantitative estimate of drug-likeness (QED) is 0.255. The maximum atomic E-state index is 14.3. The van der Waals surface area contributed by atoms with Crippen molar-refractivity contribution in [2.24, 2.45) is 0 Å². The number of aryl methyl sites for hydroxylation is 2. The summed E-state index contributed by atoms with van der Waals surface area (Å²) in [5.41, 5.74) is 1.94. The first-order valence-corrected chi connectivity index (χ1v) is 16.1. The van der Waals surface area contributed by atoms with Crippen molar-refractivity contribution in [3.63, 3.8) is 0 Å². The Balaban J connectivity index is 2.16. The summed E-state index contributed by atoms with van der Waals surface area (Å²) in [6.45, 7) is 10.4. The van der Waals surface area contributed by atoms with E-state index in [4.69, 9.17) is 27.9 Å². The summed E-state index contributed by atoms with van der Waals surface area (Å²) in [4.78, 5) is 29.2. The topological polar surface area (TPSA) is 96.0 Å². The predicted octanol–water partition coefficient (Wildman–Crippen LogP) is 6.54. The summed E-state index contributed by atoms with van der Waals surface area (Å²) >= 11 is 12.4. The average molecular weight is 649 g/mol. The maximum absolute atomic E-state index is 14.3. The standard InChI is InChI=1S/C32H39Cl2N3O5S/c1-8-27(31(39)35-32(4,5)6)36(19-23-12-15-25(33)26(34)18-23)30(38)20-37(28-17-22(3)11-16-29(28)42-7)43(40,41)24-13-9-21(2)10-14-24/h9-18,27H,8,19-20H2,1-7H3,(H,35,39)/t27-/m0/s1. The van der Waals surface area contributed by atoms with Crippen molar-refractivity contribution in [2.75, 3.05) is 18.0 Å². The first-order chi connectivity index (χ1) is 20.1. The molecule has 43 heavy (non-hydrogen) atoms. The van der Waals surface area contributed by atoms with Crippen LogP contribution in [0.4, 0.5) is 5.69 Å². The summed E-state index contributed by atoms with van der Waals surface area (Å²) in [5, 5.41) is 3.60. The van der Waals surface area contributed by atoms with Gasteiger partial charge in [0.2, 0.25) is 11.8 Å². The van der Waals surface area contributed by atoms with Gasteiger partial charge in [0.1, 0.15) is 18.3 Å². The van der Waals surface area contributed by atoms with E-state index in [0.29, 0.717) is 15.6 Å². The monoisotopic (exact) mass is 647 g/mol. The Morgan fingerprint density at radius 3 is 2.12 bits per heavy atom. The van der Waals surface area contributed by atoms with E-state index in [0.717, 1.165) is 15.4 Å². The number of nitrogens with one attached hydrogen (secondary N) is 1. The molecule has 3 rings (SSSR count). The molecule has 0 unspecified atom stereocenters. The summed E-state index contributed by atoms with van der Waals surface area (Å²) in [7, 11) is -2.81. The number of nitrogens with zero attached hydrogens (tertiary/aromatic N) is 2. The van der Waals surface area contributed by atoms with Crippen molar-refractivity contribution in [2.45, 2.75) is 71.0 Å². The summed E-state index contributed by atoms with van der Waals surface area (Å²) in [6, 6.07) is 15.6. The molecule has 1 atom stereocenters. The van der Waals surface area contributed by atoms with Gasteiger partial charge in [-0.2, -0.15) is 0 Å². The van der Waals surface area contributed by atoms with E-state index in [1.807, 2.05) is 34.6 Å². The third-order valence-corrected chi connectivity index (χ3v) is 9.22. The van der Waals surface area contributed by atoms with Crippen LogP contribution in [0.2, 0.25) is 10.0 Å². The van der Waals surface area contributed by atoms with E-state index in [2.05, 4.69) is 5.32 Å². The molecule has 3 aromatic carbocycles. The highest BCUT2D eigenvalue weighted by molar-refractivity contribution is 7.92. The average Bonchev–Trinajstić information content (AvgIpc) is 2.92. The number of benzene rings is 3. The molecule has 3 aromatic rings. The van der Waals surface area contributed by atoms with E-state index < -0.39 is 34.1 Å². The van der Waals surface area contributed by atoms with Crippen LogP contribution in [0.1, 0.15) is 50.8 Å². The number of methoxy groups -OCH3 is 1. The molecule has 0 heterocycles. The molecule has 1 N–H and O–H groups in total. The largest absolute Gasteiger partial charge is 0.495 e. The number of hydrogen-bond acceptors (Lipinski definition) is 5. The first kappa shape index (κ1) is 34.2. The summed E-state index contributed by atoms with van der Waals surface area (Å²) in [5.74, 6) is -0.659. The maximum Gasteiger partial charge on any atom is 0.264 e. The smallest absolute Gasteiger partial charge is 0.264 e. The Kier molecular flexibility index (Phi) is 11.2. The lowest BCUT2D eigenvalue weighted by Gasteiger charge is -2.35. The number of carbonyl (C=O) groups excluding carboxylic acids is 2. The highest BCUT2D eigenvalue weighted by Gasteiger charge is 2.35. The molecule has 0 aliphatic heterocycles. The molecule has 0 saturated heterocycles. The Morgan fingerprint density at radius 1 is 0.930 bits per heavy atom. The molecular formula is C32H39Cl2N3O5S. The Bertz CT molecular complexity index is 1570. The van der Waals surface area contributed by atoms with Crippen LogP contribution < -0.4 is 14.4 Å². The van der Waals surface area contributed by atoms with Gasteiger partial charge in [0.25, 0.3) is 10.0 Å². The van der Waals surface area contributed by atoms with Crippen LogP contribution in [0, 0.1) is 13.8 Å². The third kappa shape index (κ3) is 8.65. The molecule has 8 nitrogen and oxygen atoms in total. The third-order valence-electron chi connectivity index (χ3n) is 6.71. The van der Waals surface area contributed by atoms with Crippen molar-refractivity contribution in [3.8, 4) is 5.75 Å². The number of anilines is 1. The second-order valence-electron chi connectivity index (χ2n) is 11.4. The normalized spacial score (nSPS) is 12.4. The minimum absolute atomic E-state index is 0.00480. The van der Waals surface area contributed by atoms with Gasteiger partial charge in [-0.25, -0.2) is 8.42 Å². The number of rotatable bonds is 11. The van der Waals surface area contributed by atoms with E-state index >= 15 is 0 Å². The SMILES string of the molecule is CC[C@@H](C(=O)NC(C)(C)C)N(Cc1ccc(Cl)c(Cl)c1)C(=O)CN(c1cc(C)ccc1OC)S(=O)(=O)c1ccc(C)cc1. The Labute approximate surface area is 265 Å². The minimum Gasteiger partial charge on any atom is -0.495 e. The molecule has 0 aromatic heterocycles.